The van der Waals surface area contributed by atoms with Crippen molar-refractivity contribution in [2.45, 2.75) is 46.0 Å². The summed E-state index contributed by atoms with van der Waals surface area (Å²) in [7, 11) is 0. The summed E-state index contributed by atoms with van der Waals surface area (Å²) in [6.45, 7) is 3.43. The Labute approximate surface area is 390 Å². The Balaban J connectivity index is -0.000000269. The van der Waals surface area contributed by atoms with Crippen molar-refractivity contribution in [1.82, 2.24) is 0 Å². The second kappa shape index (κ2) is 31.3. The fourth-order valence-electron chi connectivity index (χ4n) is 3.30. The van der Waals surface area contributed by atoms with Crippen LogP contribution in [0, 0.1) is 66.4 Å². The Morgan fingerprint density at radius 1 is 0.933 bits per heavy atom. The molecule has 2 aliphatic carbocycles. The summed E-state index contributed by atoms with van der Waals surface area (Å²) in [6.07, 6.45) is 3.72. The molecule has 0 bridgehead atoms. The average molecular weight is 1460 g/mol. The van der Waals surface area contributed by atoms with Gasteiger partial charge in [0.2, 0.25) is 5.24 Å². The van der Waals surface area contributed by atoms with Crippen LogP contribution in [0.5, 0.6) is 0 Å². The summed E-state index contributed by atoms with van der Waals surface area (Å²) in [5.41, 5.74) is 14.1. The molecule has 2 aromatic rings. The first-order chi connectivity index (χ1) is 19.9. The standard InChI is InChI=1S/C14H13N2O2.C8H7ClNO.C6H7NO.I3.I2.HI.2Y/c1-8-10(3-2-4-12(8)16)14(18)11(7-15)13(17)9-5-6-9;1-5-6(8(9)11)3-2-4-7(5)10;7-4-3-6(8)5-1-2-5;1-3-2;1-2;;;/h2-3,9,11H,5-6,16H2,1H3;2-3H,10H2,1H3;5H,1-3H2;;;1H;;/q2*-1;;-1;;;;. The van der Waals surface area contributed by atoms with E-state index in [0.717, 1.165) is 25.7 Å². The van der Waals surface area contributed by atoms with E-state index >= 15 is 0 Å². The van der Waals surface area contributed by atoms with Crippen LogP contribution in [0.25, 0.3) is 0 Å². The van der Waals surface area contributed by atoms with Crippen LogP contribution in [0.15, 0.2) is 24.3 Å². The van der Waals surface area contributed by atoms with Crippen molar-refractivity contribution in [3.63, 3.8) is 0 Å². The van der Waals surface area contributed by atoms with Gasteiger partial charge in [0, 0.05) is 114 Å². The third-order valence-electron chi connectivity index (χ3n) is 6.01. The summed E-state index contributed by atoms with van der Waals surface area (Å²) >= 11 is 14.8. The zero-order valence-electron chi connectivity index (χ0n) is 24.1. The number of halogens is 7. The number of rotatable bonds is 7. The number of nitriles is 2. The zero-order valence-corrected chi connectivity index (χ0v) is 43.6. The molecule has 2 radical (unpaired) electrons. The van der Waals surface area contributed by atoms with Crippen LogP contribution in [0.3, 0.4) is 0 Å². The fourth-order valence-corrected chi connectivity index (χ4v) is 3.51. The molecule has 0 aromatic heterocycles. The maximum Gasteiger partial charge on any atom is 0.149 e. The first-order valence-electron chi connectivity index (χ1n) is 12.1. The topological polar surface area (TPSA) is 168 Å². The molecule has 2 aromatic carbocycles. The van der Waals surface area contributed by atoms with Gasteiger partial charge in [-0.05, 0) is 37.3 Å². The van der Waals surface area contributed by atoms with Crippen molar-refractivity contribution in [2.24, 2.45) is 17.8 Å². The molecule has 1 atom stereocenters. The summed E-state index contributed by atoms with van der Waals surface area (Å²) in [6, 6.07) is 15.5. The van der Waals surface area contributed by atoms with Gasteiger partial charge in [0.05, 0.1) is 18.6 Å². The third-order valence-corrected chi connectivity index (χ3v) is 6.22. The van der Waals surface area contributed by atoms with Crippen LogP contribution in [-0.4, -0.2) is 22.6 Å². The maximum atomic E-state index is 12.2. The molecule has 0 saturated heterocycles. The molecule has 2 fully saturated rings. The van der Waals surface area contributed by atoms with Crippen LogP contribution in [0.1, 0.15) is 63.9 Å². The Morgan fingerprint density at radius 3 is 1.67 bits per heavy atom. The van der Waals surface area contributed by atoms with E-state index in [-0.39, 0.29) is 119 Å². The SMILES string of the molecule is Cc1c(N)[c-]ccc1C(=O)C(C#N)C(=O)C1CC1.Cc1c(N)[c-]ccc1C(=O)Cl.I.II.I[I-]I.N#CCC(=O)C1CC1.[Y].[Y]. The summed E-state index contributed by atoms with van der Waals surface area (Å²) in [5, 5.41) is 16.6. The van der Waals surface area contributed by atoms with E-state index in [9.17, 15) is 19.2 Å². The minimum Gasteiger partial charge on any atom is -0.298 e. The van der Waals surface area contributed by atoms with Crippen LogP contribution in [0.4, 0.5) is 11.4 Å². The average Bonchev–Trinajstić information content (AvgIpc) is 3.88. The Kier molecular flexibility index (Phi) is 37.8. The first-order valence-corrected chi connectivity index (χ1v) is 31.3. The molecule has 2 saturated carbocycles. The summed E-state index contributed by atoms with van der Waals surface area (Å²) in [5.74, 6) is -1.62. The predicted molar refractivity (Wildman–Crippen MR) is 210 cm³/mol. The van der Waals surface area contributed by atoms with Crippen molar-refractivity contribution in [3.05, 3.63) is 58.7 Å². The van der Waals surface area contributed by atoms with Gasteiger partial charge in [0.15, 0.2) is 17.5 Å². The van der Waals surface area contributed by atoms with Crippen molar-refractivity contribution in [3.8, 4) is 12.1 Å². The molecule has 0 aliphatic heterocycles. The maximum absolute atomic E-state index is 12.2. The molecule has 1 unspecified atom stereocenters. The van der Waals surface area contributed by atoms with E-state index in [1.165, 1.54) is 6.07 Å². The molecular weight excluding hydrogens is 1430 g/mol. The monoisotopic (exact) mass is 1460 g/mol. The number of nitrogens with zero attached hydrogens (tertiary/aromatic N) is 2. The van der Waals surface area contributed by atoms with Crippen LogP contribution in [0.2, 0.25) is 0 Å². The van der Waals surface area contributed by atoms with Gasteiger partial charge in [-0.25, -0.2) is 0 Å². The van der Waals surface area contributed by atoms with Gasteiger partial charge in [-0.3, -0.25) is 19.2 Å². The van der Waals surface area contributed by atoms with Gasteiger partial charge < -0.3 is 11.5 Å². The van der Waals surface area contributed by atoms with E-state index in [2.05, 4.69) is 86.6 Å². The second-order valence-corrected chi connectivity index (χ2v) is 25.5. The minimum atomic E-state index is -1.20. The number of carbonyl (C=O) groups is 4. The Morgan fingerprint density at radius 2 is 1.33 bits per heavy atom. The molecule has 242 valence electrons. The van der Waals surface area contributed by atoms with Gasteiger partial charge in [0.25, 0.3) is 0 Å². The number of nitrogen functional groups attached to an aromatic ring is 2. The van der Waals surface area contributed by atoms with E-state index < -0.39 is 16.9 Å². The van der Waals surface area contributed by atoms with Crippen molar-refractivity contribution < 1.29 is 97.9 Å². The quantitative estimate of drug-likeness (QED) is 0.0920. The predicted octanol–water partition coefficient (Wildman–Crippen LogP) is 5.47. The van der Waals surface area contributed by atoms with Crippen LogP contribution >= 0.6 is 110 Å². The molecule has 4 rings (SSSR count). The van der Waals surface area contributed by atoms with Crippen molar-refractivity contribution in [2.75, 3.05) is 11.5 Å². The molecule has 45 heavy (non-hydrogen) atoms. The Hall–Kier alpha value is 2.58. The number of hydrogen-bond acceptors (Lipinski definition) is 8. The van der Waals surface area contributed by atoms with Crippen molar-refractivity contribution >= 4 is 144 Å². The number of nitrogens with two attached hydrogens (primary N) is 2. The van der Waals surface area contributed by atoms with Gasteiger partial charge in [0.1, 0.15) is 5.78 Å². The third kappa shape index (κ3) is 21.5. The fraction of sp³-hybridized carbons (Fsp3) is 0.357. The largest absolute Gasteiger partial charge is 0.298 e. The number of ketones is 3. The summed E-state index contributed by atoms with van der Waals surface area (Å²) < 4.78 is 0. The van der Waals surface area contributed by atoms with Crippen molar-refractivity contribution in [1.29, 1.82) is 10.5 Å². The normalized spacial score (nSPS) is 12.4. The van der Waals surface area contributed by atoms with Gasteiger partial charge in [-0.1, -0.05) is 36.3 Å². The smallest absolute Gasteiger partial charge is 0.149 e. The Bertz CT molecular complexity index is 1340. The van der Waals surface area contributed by atoms with E-state index in [0.29, 0.717) is 46.9 Å². The molecule has 17 heteroatoms. The number of Topliss-reactive ketones (excluding diaryl/α,β-unsaturated/α-hetero) is 3. The molecule has 4 N–H and O–H groups in total. The van der Waals surface area contributed by atoms with Gasteiger partial charge >= 0.3 is 50.5 Å². The van der Waals surface area contributed by atoms with Gasteiger partial charge in [-0.2, -0.15) is 46.9 Å². The number of hydrogen-bond donors (Lipinski definition) is 2. The van der Waals surface area contributed by atoms with E-state index in [1.54, 1.807) is 32.0 Å². The number of carbonyl (C=O) groups excluding carboxylic acids is 4. The molecule has 0 heterocycles. The molecular formula is C28H28ClI6N4O4Y2-3. The molecule has 0 amide bonds. The number of anilines is 2. The minimum absolute atomic E-state index is 0. The number of benzene rings is 2. The van der Waals surface area contributed by atoms with E-state index in [1.807, 2.05) is 12.1 Å². The molecule has 2 aliphatic rings. The molecule has 0 spiro atoms. The van der Waals surface area contributed by atoms with Crippen LogP contribution in [-0.2, 0) is 75.0 Å². The van der Waals surface area contributed by atoms with E-state index in [4.69, 9.17) is 33.6 Å². The van der Waals surface area contributed by atoms with Gasteiger partial charge in [-0.15, -0.1) is 35.1 Å². The summed E-state index contributed by atoms with van der Waals surface area (Å²) in [4.78, 5) is 45.4. The second-order valence-electron chi connectivity index (χ2n) is 8.87. The zero-order chi connectivity index (χ0) is 32.4. The molecule has 8 nitrogen and oxygen atoms in total. The first kappa shape index (κ1) is 54.4. The van der Waals surface area contributed by atoms with Crippen LogP contribution < -0.4 is 24.7 Å².